The number of imidazole rings is 1. The minimum Gasteiger partial charge on any atom is -0.345 e. The number of aromatic nitrogens is 5. The number of nitrogens with one attached hydrogen (secondary N) is 2. The number of hydrogen-bond donors (Lipinski definition) is 2. The molecular formula is C21H20N6OS2. The largest absolute Gasteiger partial charge is 0.345 e. The summed E-state index contributed by atoms with van der Waals surface area (Å²) in [6, 6.07) is 14.0. The number of H-pyrrole nitrogens is 1. The van der Waals surface area contributed by atoms with E-state index in [1.54, 1.807) is 11.8 Å². The number of hydrogen-bond acceptors (Lipinski definition) is 5. The van der Waals surface area contributed by atoms with Gasteiger partial charge in [-0.2, -0.15) is 5.10 Å². The van der Waals surface area contributed by atoms with E-state index in [1.807, 2.05) is 63.8 Å². The van der Waals surface area contributed by atoms with Crippen molar-refractivity contribution in [3.05, 3.63) is 76.7 Å². The second kappa shape index (κ2) is 8.08. The number of carbonyl (C=O) groups excluding carboxylic acids is 1. The lowest BCUT2D eigenvalue weighted by Crippen LogP contribution is -2.24. The quantitative estimate of drug-likeness (QED) is 0.336. The van der Waals surface area contributed by atoms with E-state index in [9.17, 15) is 4.79 Å². The fraction of sp³-hybridized carbons (Fsp3) is 0.238. The summed E-state index contributed by atoms with van der Waals surface area (Å²) in [6.45, 7) is 0.354. The number of fused-ring (bicyclic) bond motifs is 1. The van der Waals surface area contributed by atoms with Gasteiger partial charge in [0.2, 0.25) is 0 Å². The summed E-state index contributed by atoms with van der Waals surface area (Å²) in [5, 5.41) is 10.0. The Labute approximate surface area is 182 Å². The highest BCUT2D eigenvalue weighted by Crippen LogP contribution is 2.35. The highest BCUT2D eigenvalue weighted by atomic mass is 32.2. The Balaban J connectivity index is 1.18. The summed E-state index contributed by atoms with van der Waals surface area (Å²) in [5.41, 5.74) is 2.60. The molecule has 9 heteroatoms. The van der Waals surface area contributed by atoms with E-state index >= 15 is 0 Å². The van der Waals surface area contributed by atoms with E-state index < -0.39 is 0 Å². The minimum atomic E-state index is -0.122. The monoisotopic (exact) mass is 436 g/mol. The molecule has 0 radical (unpaired) electrons. The van der Waals surface area contributed by atoms with E-state index in [1.165, 1.54) is 0 Å². The van der Waals surface area contributed by atoms with Crippen LogP contribution in [0.3, 0.4) is 0 Å². The average Bonchev–Trinajstić information content (AvgIpc) is 3.40. The van der Waals surface area contributed by atoms with Crippen molar-refractivity contribution in [2.75, 3.05) is 0 Å². The van der Waals surface area contributed by atoms with Gasteiger partial charge in [0.15, 0.2) is 10.6 Å². The first kappa shape index (κ1) is 19.1. The van der Waals surface area contributed by atoms with E-state index in [-0.39, 0.29) is 5.91 Å². The highest BCUT2D eigenvalue weighted by molar-refractivity contribution is 7.98. The third kappa shape index (κ3) is 4.03. The Morgan fingerprint density at radius 2 is 2.07 bits per heavy atom. The summed E-state index contributed by atoms with van der Waals surface area (Å²) in [6.07, 6.45) is 6.27. The van der Waals surface area contributed by atoms with Gasteiger partial charge in [-0.25, -0.2) is 4.98 Å². The highest BCUT2D eigenvalue weighted by Gasteiger charge is 2.27. The first-order chi connectivity index (χ1) is 14.7. The van der Waals surface area contributed by atoms with Crippen LogP contribution in [0.5, 0.6) is 0 Å². The van der Waals surface area contributed by atoms with Gasteiger partial charge in [-0.05, 0) is 61.5 Å². The molecule has 5 rings (SSSR count). The number of pyridine rings is 1. The van der Waals surface area contributed by atoms with Crippen LogP contribution in [0.4, 0.5) is 0 Å². The SMILES string of the molecule is O=C(NCc1n[nH]c(=S)n1C1CC1)c1ccc(SCc2cn3ccccc3n2)cc1. The van der Waals surface area contributed by atoms with Crippen LogP contribution in [-0.4, -0.2) is 30.1 Å². The number of amides is 1. The standard InChI is InChI=1S/C21H20N6OS2/c28-20(22-11-19-24-25-21(29)27(19)16-6-7-16)14-4-8-17(9-5-14)30-13-15-12-26-10-2-1-3-18(26)23-15/h1-5,8-10,12,16H,6-7,11,13H2,(H,22,28)(H,25,29). The van der Waals surface area contributed by atoms with Gasteiger partial charge in [0, 0.05) is 34.6 Å². The first-order valence-corrected chi connectivity index (χ1v) is 11.2. The van der Waals surface area contributed by atoms with E-state index in [0.29, 0.717) is 22.9 Å². The van der Waals surface area contributed by atoms with Crippen LogP contribution in [0.25, 0.3) is 5.65 Å². The number of thioether (sulfide) groups is 1. The smallest absolute Gasteiger partial charge is 0.251 e. The second-order valence-electron chi connectivity index (χ2n) is 7.24. The fourth-order valence-corrected chi connectivity index (χ4v) is 4.43. The Bertz CT molecular complexity index is 1220. The molecule has 1 amide bonds. The summed E-state index contributed by atoms with van der Waals surface area (Å²) < 4.78 is 4.65. The molecule has 3 aromatic heterocycles. The van der Waals surface area contributed by atoms with Crippen molar-refractivity contribution in [1.82, 2.24) is 29.5 Å². The molecule has 0 bridgehead atoms. The molecule has 1 saturated carbocycles. The number of nitrogens with zero attached hydrogens (tertiary/aromatic N) is 4. The van der Waals surface area contributed by atoms with Gasteiger partial charge in [-0.15, -0.1) is 11.8 Å². The maximum absolute atomic E-state index is 12.5. The first-order valence-electron chi connectivity index (χ1n) is 9.77. The van der Waals surface area contributed by atoms with Crippen LogP contribution >= 0.6 is 24.0 Å². The lowest BCUT2D eigenvalue weighted by atomic mass is 10.2. The molecule has 1 aliphatic carbocycles. The number of aromatic amines is 1. The van der Waals surface area contributed by atoms with E-state index in [0.717, 1.165) is 40.7 Å². The molecule has 30 heavy (non-hydrogen) atoms. The van der Waals surface area contributed by atoms with Gasteiger partial charge in [0.1, 0.15) is 5.65 Å². The minimum absolute atomic E-state index is 0.122. The molecule has 1 aromatic carbocycles. The summed E-state index contributed by atoms with van der Waals surface area (Å²) >= 11 is 6.98. The van der Waals surface area contributed by atoms with Crippen molar-refractivity contribution < 1.29 is 4.79 Å². The Morgan fingerprint density at radius 3 is 2.83 bits per heavy atom. The van der Waals surface area contributed by atoms with Crippen molar-refractivity contribution >= 4 is 35.5 Å². The van der Waals surface area contributed by atoms with Crippen molar-refractivity contribution in [2.24, 2.45) is 0 Å². The van der Waals surface area contributed by atoms with Gasteiger partial charge in [-0.3, -0.25) is 14.5 Å². The Kier molecular flexibility index (Phi) is 5.14. The van der Waals surface area contributed by atoms with E-state index in [4.69, 9.17) is 12.2 Å². The zero-order valence-electron chi connectivity index (χ0n) is 16.1. The van der Waals surface area contributed by atoms with Gasteiger partial charge < -0.3 is 9.72 Å². The fourth-order valence-electron chi connectivity index (χ4n) is 3.35. The average molecular weight is 437 g/mol. The lowest BCUT2D eigenvalue weighted by Gasteiger charge is -2.07. The van der Waals surface area contributed by atoms with Crippen LogP contribution in [0.2, 0.25) is 0 Å². The van der Waals surface area contributed by atoms with E-state index in [2.05, 4.69) is 20.5 Å². The molecule has 7 nitrogen and oxygen atoms in total. The van der Waals surface area contributed by atoms with Crippen LogP contribution < -0.4 is 5.32 Å². The lowest BCUT2D eigenvalue weighted by molar-refractivity contribution is 0.0949. The maximum atomic E-state index is 12.5. The topological polar surface area (TPSA) is 80.0 Å². The van der Waals surface area contributed by atoms with Crippen molar-refractivity contribution in [3.8, 4) is 0 Å². The van der Waals surface area contributed by atoms with Gasteiger partial charge >= 0.3 is 0 Å². The molecule has 0 saturated heterocycles. The van der Waals surface area contributed by atoms with Crippen LogP contribution in [0.1, 0.15) is 40.8 Å². The molecule has 2 N–H and O–H groups in total. The summed E-state index contributed by atoms with van der Waals surface area (Å²) in [7, 11) is 0. The zero-order valence-corrected chi connectivity index (χ0v) is 17.7. The third-order valence-electron chi connectivity index (χ3n) is 5.01. The molecule has 3 heterocycles. The van der Waals surface area contributed by atoms with Gasteiger partial charge in [0.25, 0.3) is 5.91 Å². The summed E-state index contributed by atoms with van der Waals surface area (Å²) in [4.78, 5) is 18.2. The van der Waals surface area contributed by atoms with Crippen LogP contribution in [0, 0.1) is 4.77 Å². The predicted molar refractivity (Wildman–Crippen MR) is 118 cm³/mol. The van der Waals surface area contributed by atoms with Crippen molar-refractivity contribution in [3.63, 3.8) is 0 Å². The molecule has 152 valence electrons. The molecule has 0 atom stereocenters. The second-order valence-corrected chi connectivity index (χ2v) is 8.68. The number of rotatable bonds is 7. The number of benzene rings is 1. The molecule has 1 aliphatic rings. The molecular weight excluding hydrogens is 416 g/mol. The van der Waals surface area contributed by atoms with Crippen molar-refractivity contribution in [2.45, 2.75) is 36.1 Å². The zero-order chi connectivity index (χ0) is 20.5. The molecule has 0 aliphatic heterocycles. The molecule has 4 aromatic rings. The van der Waals surface area contributed by atoms with Crippen molar-refractivity contribution in [1.29, 1.82) is 0 Å². The predicted octanol–water partition coefficient (Wildman–Crippen LogP) is 4.15. The molecule has 1 fully saturated rings. The number of carbonyl (C=O) groups is 1. The molecule has 0 unspecified atom stereocenters. The summed E-state index contributed by atoms with van der Waals surface area (Å²) in [5.74, 6) is 1.43. The Morgan fingerprint density at radius 1 is 1.23 bits per heavy atom. The molecule has 0 spiro atoms. The van der Waals surface area contributed by atoms with Gasteiger partial charge in [0.05, 0.1) is 12.2 Å². The maximum Gasteiger partial charge on any atom is 0.251 e. The Hall–Kier alpha value is -2.91. The third-order valence-corrected chi connectivity index (χ3v) is 6.35. The normalized spacial score (nSPS) is 13.6. The van der Waals surface area contributed by atoms with Crippen LogP contribution in [0.15, 0.2) is 59.8 Å². The van der Waals surface area contributed by atoms with Crippen LogP contribution in [-0.2, 0) is 12.3 Å². The van der Waals surface area contributed by atoms with Gasteiger partial charge in [-0.1, -0.05) is 6.07 Å².